The molecule has 1 fully saturated rings. The molecule has 0 bridgehead atoms. The van der Waals surface area contributed by atoms with Crippen LogP contribution in [0.2, 0.25) is 0 Å². The summed E-state index contributed by atoms with van der Waals surface area (Å²) in [5.41, 5.74) is 0.847. The molecule has 1 atom stereocenters. The Balaban J connectivity index is 2.35. The molecule has 1 aromatic rings. The summed E-state index contributed by atoms with van der Waals surface area (Å²) in [5, 5.41) is 3.40. The van der Waals surface area contributed by atoms with Crippen molar-refractivity contribution in [3.8, 4) is 0 Å². The number of hydrogen-bond acceptors (Lipinski definition) is 3. The monoisotopic (exact) mass is 268 g/mol. The smallest absolute Gasteiger partial charge is 0.211 e. The first kappa shape index (κ1) is 13.5. The maximum absolute atomic E-state index is 12.0. The largest absolute Gasteiger partial charge is 0.309 e. The first-order chi connectivity index (χ1) is 8.30. The zero-order chi connectivity index (χ0) is 13.4. The SMILES string of the molecule is CC1(C)CN(S(C)(=O)=O)C(c2ccccc2)CN1. The lowest BCUT2D eigenvalue weighted by atomic mass is 9.97. The first-order valence-corrected chi connectivity index (χ1v) is 7.91. The number of nitrogens with zero attached hydrogens (tertiary/aromatic N) is 1. The number of benzene rings is 1. The number of sulfonamides is 1. The average Bonchev–Trinajstić information content (AvgIpc) is 2.28. The van der Waals surface area contributed by atoms with Gasteiger partial charge in [0.15, 0.2) is 0 Å². The third-order valence-electron chi connectivity index (χ3n) is 3.28. The van der Waals surface area contributed by atoms with E-state index in [9.17, 15) is 8.42 Å². The number of piperazine rings is 1. The van der Waals surface area contributed by atoms with Crippen LogP contribution in [0.15, 0.2) is 30.3 Å². The molecule has 1 aliphatic heterocycles. The average molecular weight is 268 g/mol. The quantitative estimate of drug-likeness (QED) is 0.881. The summed E-state index contributed by atoms with van der Waals surface area (Å²) >= 11 is 0. The van der Waals surface area contributed by atoms with Gasteiger partial charge in [-0.1, -0.05) is 30.3 Å². The molecule has 1 heterocycles. The predicted molar refractivity (Wildman–Crippen MR) is 72.8 cm³/mol. The van der Waals surface area contributed by atoms with E-state index < -0.39 is 10.0 Å². The lowest BCUT2D eigenvalue weighted by Crippen LogP contribution is -2.59. The van der Waals surface area contributed by atoms with E-state index in [0.29, 0.717) is 13.1 Å². The van der Waals surface area contributed by atoms with Gasteiger partial charge in [0.2, 0.25) is 10.0 Å². The Morgan fingerprint density at radius 3 is 2.44 bits per heavy atom. The second-order valence-electron chi connectivity index (χ2n) is 5.50. The molecule has 0 aliphatic carbocycles. The highest BCUT2D eigenvalue weighted by atomic mass is 32.2. The van der Waals surface area contributed by atoms with Gasteiger partial charge in [-0.2, -0.15) is 4.31 Å². The van der Waals surface area contributed by atoms with Gasteiger partial charge < -0.3 is 5.32 Å². The second-order valence-corrected chi connectivity index (χ2v) is 7.43. The fourth-order valence-electron chi connectivity index (χ4n) is 2.34. The van der Waals surface area contributed by atoms with Crippen LogP contribution in [0.4, 0.5) is 0 Å². The van der Waals surface area contributed by atoms with E-state index in [0.717, 1.165) is 5.56 Å². The summed E-state index contributed by atoms with van der Waals surface area (Å²) in [6.45, 7) is 5.17. The Hall–Kier alpha value is -0.910. The highest BCUT2D eigenvalue weighted by molar-refractivity contribution is 7.88. The van der Waals surface area contributed by atoms with Crippen LogP contribution in [0.25, 0.3) is 0 Å². The van der Waals surface area contributed by atoms with Gasteiger partial charge in [0.25, 0.3) is 0 Å². The molecule has 0 amide bonds. The van der Waals surface area contributed by atoms with Crippen molar-refractivity contribution in [2.45, 2.75) is 25.4 Å². The van der Waals surface area contributed by atoms with Gasteiger partial charge >= 0.3 is 0 Å². The first-order valence-electron chi connectivity index (χ1n) is 6.06. The van der Waals surface area contributed by atoms with Gasteiger partial charge in [-0.05, 0) is 19.4 Å². The van der Waals surface area contributed by atoms with Crippen LogP contribution in [0, 0.1) is 0 Å². The third kappa shape index (κ3) is 2.91. The Bertz CT molecular complexity index is 511. The molecule has 1 saturated heterocycles. The van der Waals surface area contributed by atoms with Crippen molar-refractivity contribution in [2.24, 2.45) is 0 Å². The summed E-state index contributed by atoms with van der Waals surface area (Å²) in [6.07, 6.45) is 1.28. The molecule has 4 nitrogen and oxygen atoms in total. The third-order valence-corrected chi connectivity index (χ3v) is 4.52. The molecule has 2 rings (SSSR count). The summed E-state index contributed by atoms with van der Waals surface area (Å²) in [5.74, 6) is 0. The van der Waals surface area contributed by atoms with Gasteiger partial charge in [0.1, 0.15) is 0 Å². The van der Waals surface area contributed by atoms with Crippen molar-refractivity contribution in [3.63, 3.8) is 0 Å². The zero-order valence-electron chi connectivity index (χ0n) is 11.1. The lowest BCUT2D eigenvalue weighted by molar-refractivity contribution is 0.176. The molecule has 1 aliphatic rings. The summed E-state index contributed by atoms with van der Waals surface area (Å²) in [4.78, 5) is 0. The number of rotatable bonds is 2. The van der Waals surface area contributed by atoms with Crippen molar-refractivity contribution in [1.29, 1.82) is 0 Å². The highest BCUT2D eigenvalue weighted by Crippen LogP contribution is 2.28. The Morgan fingerprint density at radius 1 is 1.28 bits per heavy atom. The Kier molecular flexibility index (Phi) is 3.49. The number of hydrogen-bond donors (Lipinski definition) is 1. The molecule has 100 valence electrons. The van der Waals surface area contributed by atoms with Crippen LogP contribution < -0.4 is 5.32 Å². The van der Waals surface area contributed by atoms with E-state index in [1.165, 1.54) is 6.26 Å². The molecule has 1 unspecified atom stereocenters. The van der Waals surface area contributed by atoms with Crippen LogP contribution >= 0.6 is 0 Å². The van der Waals surface area contributed by atoms with Crippen LogP contribution in [0.5, 0.6) is 0 Å². The van der Waals surface area contributed by atoms with Crippen LogP contribution in [-0.4, -0.2) is 37.6 Å². The maximum atomic E-state index is 12.0. The van der Waals surface area contributed by atoms with E-state index >= 15 is 0 Å². The topological polar surface area (TPSA) is 49.4 Å². The van der Waals surface area contributed by atoms with Gasteiger partial charge in [-0.15, -0.1) is 0 Å². The van der Waals surface area contributed by atoms with E-state index in [2.05, 4.69) is 5.32 Å². The molecule has 18 heavy (non-hydrogen) atoms. The molecule has 0 radical (unpaired) electrons. The highest BCUT2D eigenvalue weighted by Gasteiger charge is 2.37. The van der Waals surface area contributed by atoms with Crippen molar-refractivity contribution < 1.29 is 8.42 Å². The summed E-state index contributed by atoms with van der Waals surface area (Å²) in [6, 6.07) is 9.65. The Labute approximate surface area is 109 Å². The number of nitrogens with one attached hydrogen (secondary N) is 1. The molecule has 5 heteroatoms. The molecular weight excluding hydrogens is 248 g/mol. The lowest BCUT2D eigenvalue weighted by Gasteiger charge is -2.43. The predicted octanol–water partition coefficient (Wildman–Crippen LogP) is 1.37. The zero-order valence-corrected chi connectivity index (χ0v) is 11.9. The molecule has 0 spiro atoms. The van der Waals surface area contributed by atoms with Gasteiger partial charge in [0, 0.05) is 18.6 Å². The van der Waals surface area contributed by atoms with Crippen LogP contribution in [-0.2, 0) is 10.0 Å². The minimum Gasteiger partial charge on any atom is -0.309 e. The van der Waals surface area contributed by atoms with Crippen molar-refractivity contribution in [3.05, 3.63) is 35.9 Å². The van der Waals surface area contributed by atoms with Crippen molar-refractivity contribution in [2.75, 3.05) is 19.3 Å². The van der Waals surface area contributed by atoms with Crippen molar-refractivity contribution in [1.82, 2.24) is 9.62 Å². The Morgan fingerprint density at radius 2 is 1.89 bits per heavy atom. The van der Waals surface area contributed by atoms with E-state index in [-0.39, 0.29) is 11.6 Å². The van der Waals surface area contributed by atoms with E-state index in [1.807, 2.05) is 44.2 Å². The summed E-state index contributed by atoms with van der Waals surface area (Å²) < 4.78 is 25.5. The van der Waals surface area contributed by atoms with E-state index in [4.69, 9.17) is 0 Å². The fraction of sp³-hybridized carbons (Fsp3) is 0.538. The molecule has 0 aromatic heterocycles. The van der Waals surface area contributed by atoms with Gasteiger partial charge in [-0.25, -0.2) is 8.42 Å². The standard InChI is InChI=1S/C13H20N2O2S/c1-13(2)10-15(18(3,16)17)12(9-14-13)11-7-5-4-6-8-11/h4-8,12,14H,9-10H2,1-3H3. The molecule has 1 N–H and O–H groups in total. The molecular formula is C13H20N2O2S. The minimum absolute atomic E-state index is 0.116. The maximum Gasteiger partial charge on any atom is 0.211 e. The summed E-state index contributed by atoms with van der Waals surface area (Å²) in [7, 11) is -3.20. The fourth-order valence-corrected chi connectivity index (χ4v) is 3.55. The minimum atomic E-state index is -3.20. The molecule has 0 saturated carbocycles. The second kappa shape index (κ2) is 4.64. The normalized spacial score (nSPS) is 24.9. The van der Waals surface area contributed by atoms with Crippen LogP contribution in [0.1, 0.15) is 25.5 Å². The van der Waals surface area contributed by atoms with Gasteiger partial charge in [0.05, 0.1) is 12.3 Å². The van der Waals surface area contributed by atoms with Gasteiger partial charge in [-0.3, -0.25) is 0 Å². The van der Waals surface area contributed by atoms with Crippen LogP contribution in [0.3, 0.4) is 0 Å². The van der Waals surface area contributed by atoms with Crippen molar-refractivity contribution >= 4 is 10.0 Å². The van der Waals surface area contributed by atoms with E-state index in [1.54, 1.807) is 4.31 Å². The molecule has 1 aromatic carbocycles.